The highest BCUT2D eigenvalue weighted by Gasteiger charge is 2.06. The molecule has 0 aliphatic rings. The second-order valence-corrected chi connectivity index (χ2v) is 5.87. The number of methoxy groups -OCH3 is 1. The van der Waals surface area contributed by atoms with Gasteiger partial charge in [0.15, 0.2) is 5.13 Å². The van der Waals surface area contributed by atoms with E-state index in [9.17, 15) is 0 Å². The maximum atomic E-state index is 5.97. The number of ether oxygens (including phenoxy) is 1. The molecule has 1 N–H and O–H groups in total. The highest BCUT2D eigenvalue weighted by molar-refractivity contribution is 9.10. The zero-order valence-electron chi connectivity index (χ0n) is 9.74. The summed E-state index contributed by atoms with van der Waals surface area (Å²) in [5.74, 6) is 0. The Kier molecular flexibility index (Phi) is 5.00. The van der Waals surface area contributed by atoms with Crippen molar-refractivity contribution in [3.05, 3.63) is 33.9 Å². The van der Waals surface area contributed by atoms with Crippen LogP contribution in [0.15, 0.2) is 28.9 Å². The van der Waals surface area contributed by atoms with Gasteiger partial charge in [0.25, 0.3) is 0 Å². The number of nitrogens with zero attached hydrogens (tertiary/aromatic N) is 1. The Morgan fingerprint density at radius 1 is 1.50 bits per heavy atom. The van der Waals surface area contributed by atoms with Gasteiger partial charge < -0.3 is 10.1 Å². The number of hydrogen-bond acceptors (Lipinski definition) is 4. The van der Waals surface area contributed by atoms with Gasteiger partial charge in [0.1, 0.15) is 0 Å². The van der Waals surface area contributed by atoms with Gasteiger partial charge in [-0.15, -0.1) is 0 Å². The second-order valence-electron chi connectivity index (χ2n) is 3.58. The predicted octanol–water partition coefficient (Wildman–Crippen LogP) is 4.28. The Morgan fingerprint density at radius 2 is 2.33 bits per heavy atom. The minimum Gasteiger partial charge on any atom is -0.383 e. The summed E-state index contributed by atoms with van der Waals surface area (Å²) in [6, 6.07) is 5.85. The molecule has 0 amide bonds. The summed E-state index contributed by atoms with van der Waals surface area (Å²) in [7, 11) is 1.68. The van der Waals surface area contributed by atoms with Crippen molar-refractivity contribution < 1.29 is 4.74 Å². The van der Waals surface area contributed by atoms with E-state index in [1.165, 1.54) is 0 Å². The smallest absolute Gasteiger partial charge is 0.183 e. The number of rotatable bonds is 5. The number of thiazole rings is 1. The van der Waals surface area contributed by atoms with Gasteiger partial charge in [-0.3, -0.25) is 0 Å². The van der Waals surface area contributed by atoms with E-state index >= 15 is 0 Å². The molecule has 1 aromatic heterocycles. The average Bonchev–Trinajstić information content (AvgIpc) is 2.82. The molecule has 0 radical (unpaired) electrons. The van der Waals surface area contributed by atoms with Crippen molar-refractivity contribution in [3.63, 3.8) is 0 Å². The molecule has 0 saturated heterocycles. The van der Waals surface area contributed by atoms with E-state index in [0.29, 0.717) is 11.6 Å². The van der Waals surface area contributed by atoms with Crippen molar-refractivity contribution in [2.75, 3.05) is 25.6 Å². The van der Waals surface area contributed by atoms with Crippen LogP contribution in [0.2, 0.25) is 5.02 Å². The number of anilines is 1. The third kappa shape index (κ3) is 3.45. The maximum Gasteiger partial charge on any atom is 0.183 e. The number of hydrogen-bond donors (Lipinski definition) is 1. The Balaban J connectivity index is 2.11. The molecule has 6 heteroatoms. The van der Waals surface area contributed by atoms with E-state index in [2.05, 4.69) is 26.2 Å². The number of halogens is 2. The fourth-order valence-electron chi connectivity index (χ4n) is 1.40. The van der Waals surface area contributed by atoms with Crippen molar-refractivity contribution in [2.45, 2.75) is 0 Å². The molecule has 0 fully saturated rings. The fraction of sp³-hybridized carbons (Fsp3) is 0.250. The quantitative estimate of drug-likeness (QED) is 0.820. The van der Waals surface area contributed by atoms with Crippen LogP contribution in [-0.2, 0) is 4.74 Å². The topological polar surface area (TPSA) is 34.1 Å². The van der Waals surface area contributed by atoms with Gasteiger partial charge in [0.2, 0.25) is 0 Å². The van der Waals surface area contributed by atoms with Crippen LogP contribution >= 0.6 is 38.9 Å². The summed E-state index contributed by atoms with van der Waals surface area (Å²) in [6.07, 6.45) is 1.86. The summed E-state index contributed by atoms with van der Waals surface area (Å²) in [6.45, 7) is 1.43. The van der Waals surface area contributed by atoms with Gasteiger partial charge in [0.05, 0.1) is 16.5 Å². The zero-order chi connectivity index (χ0) is 13.0. The Bertz CT molecular complexity index is 533. The number of aromatic nitrogens is 1. The lowest BCUT2D eigenvalue weighted by atomic mass is 10.2. The Hall–Kier alpha value is -0.620. The van der Waals surface area contributed by atoms with Crippen LogP contribution in [-0.4, -0.2) is 25.2 Å². The largest absolute Gasteiger partial charge is 0.383 e. The molecule has 96 valence electrons. The molecule has 0 atom stereocenters. The van der Waals surface area contributed by atoms with E-state index in [1.807, 2.05) is 24.4 Å². The Morgan fingerprint density at radius 3 is 3.06 bits per heavy atom. The van der Waals surface area contributed by atoms with Crippen LogP contribution in [0, 0.1) is 0 Å². The summed E-state index contributed by atoms with van der Waals surface area (Å²) in [4.78, 5) is 5.42. The summed E-state index contributed by atoms with van der Waals surface area (Å²) < 4.78 is 5.87. The molecule has 2 aromatic rings. The first-order chi connectivity index (χ1) is 8.70. The lowest BCUT2D eigenvalue weighted by molar-refractivity contribution is 0.211. The molecule has 1 aromatic carbocycles. The van der Waals surface area contributed by atoms with E-state index in [1.54, 1.807) is 18.4 Å². The van der Waals surface area contributed by atoms with Crippen LogP contribution < -0.4 is 5.32 Å². The first-order valence-electron chi connectivity index (χ1n) is 5.35. The van der Waals surface area contributed by atoms with E-state index in [4.69, 9.17) is 16.3 Å². The van der Waals surface area contributed by atoms with Crippen LogP contribution in [0.3, 0.4) is 0 Å². The van der Waals surface area contributed by atoms with Gasteiger partial charge in [-0.05, 0) is 33.6 Å². The molecule has 0 bridgehead atoms. The maximum absolute atomic E-state index is 5.97. The Labute approximate surface area is 123 Å². The first-order valence-corrected chi connectivity index (χ1v) is 7.33. The SMILES string of the molecule is COCCNc1ncc(-c2ccc(Cl)c(Br)c2)s1. The summed E-state index contributed by atoms with van der Waals surface area (Å²) >= 11 is 11.0. The molecule has 0 spiro atoms. The minimum atomic E-state index is 0.668. The molecule has 0 unspecified atom stereocenters. The molecule has 2 rings (SSSR count). The van der Waals surface area contributed by atoms with Crippen molar-refractivity contribution in [1.82, 2.24) is 4.98 Å². The molecule has 0 saturated carbocycles. The van der Waals surface area contributed by atoms with Crippen LogP contribution in [0.5, 0.6) is 0 Å². The fourth-order valence-corrected chi connectivity index (χ4v) is 2.73. The second kappa shape index (κ2) is 6.52. The van der Waals surface area contributed by atoms with Gasteiger partial charge in [-0.25, -0.2) is 4.98 Å². The molecule has 3 nitrogen and oxygen atoms in total. The van der Waals surface area contributed by atoms with Crippen molar-refractivity contribution >= 4 is 44.0 Å². The molecule has 1 heterocycles. The van der Waals surface area contributed by atoms with Gasteiger partial charge in [-0.1, -0.05) is 29.0 Å². The molecule has 18 heavy (non-hydrogen) atoms. The predicted molar refractivity (Wildman–Crippen MR) is 80.6 cm³/mol. The van der Waals surface area contributed by atoms with Gasteiger partial charge in [0, 0.05) is 24.3 Å². The van der Waals surface area contributed by atoms with Crippen LogP contribution in [0.4, 0.5) is 5.13 Å². The van der Waals surface area contributed by atoms with E-state index in [0.717, 1.165) is 26.6 Å². The molecule has 0 aliphatic heterocycles. The highest BCUT2D eigenvalue weighted by Crippen LogP contribution is 2.33. The normalized spacial score (nSPS) is 10.6. The summed E-state index contributed by atoms with van der Waals surface area (Å²) in [5, 5.41) is 4.81. The molecular formula is C12H12BrClN2OS. The molecule has 0 aliphatic carbocycles. The zero-order valence-corrected chi connectivity index (χ0v) is 12.9. The van der Waals surface area contributed by atoms with Gasteiger partial charge in [-0.2, -0.15) is 0 Å². The standard InChI is InChI=1S/C12H12BrClN2OS/c1-17-5-4-15-12-16-7-11(18-12)8-2-3-10(14)9(13)6-8/h2-3,6-7H,4-5H2,1H3,(H,15,16). The lowest BCUT2D eigenvalue weighted by Gasteiger charge is -2.01. The third-order valence-electron chi connectivity index (χ3n) is 2.29. The van der Waals surface area contributed by atoms with Gasteiger partial charge >= 0.3 is 0 Å². The van der Waals surface area contributed by atoms with Crippen LogP contribution in [0.1, 0.15) is 0 Å². The van der Waals surface area contributed by atoms with E-state index < -0.39 is 0 Å². The van der Waals surface area contributed by atoms with Crippen LogP contribution in [0.25, 0.3) is 10.4 Å². The van der Waals surface area contributed by atoms with E-state index in [-0.39, 0.29) is 0 Å². The van der Waals surface area contributed by atoms with Crippen molar-refractivity contribution in [2.24, 2.45) is 0 Å². The van der Waals surface area contributed by atoms with Crippen molar-refractivity contribution in [3.8, 4) is 10.4 Å². The first kappa shape index (κ1) is 13.8. The summed E-state index contributed by atoms with van der Waals surface area (Å²) in [5.41, 5.74) is 1.10. The number of benzene rings is 1. The third-order valence-corrected chi connectivity index (χ3v) is 4.51. The average molecular weight is 348 g/mol. The van der Waals surface area contributed by atoms with Crippen molar-refractivity contribution in [1.29, 1.82) is 0 Å². The monoisotopic (exact) mass is 346 g/mol. The number of nitrogens with one attached hydrogen (secondary N) is 1. The molecular weight excluding hydrogens is 336 g/mol. The highest BCUT2D eigenvalue weighted by atomic mass is 79.9. The lowest BCUT2D eigenvalue weighted by Crippen LogP contribution is -2.06. The minimum absolute atomic E-state index is 0.668.